The van der Waals surface area contributed by atoms with Crippen LogP contribution in [0.15, 0.2) is 24.3 Å². The van der Waals surface area contributed by atoms with Gasteiger partial charge < -0.3 is 9.64 Å². The molecular weight excluding hydrogens is 371 g/mol. The van der Waals surface area contributed by atoms with Crippen molar-refractivity contribution in [2.24, 2.45) is 0 Å². The summed E-state index contributed by atoms with van der Waals surface area (Å²) in [6, 6.07) is 5.45. The van der Waals surface area contributed by atoms with E-state index in [1.54, 1.807) is 29.2 Å². The van der Waals surface area contributed by atoms with Crippen molar-refractivity contribution in [2.75, 3.05) is 32.8 Å². The van der Waals surface area contributed by atoms with Gasteiger partial charge in [-0.05, 0) is 17.7 Å². The second-order valence-corrected chi connectivity index (χ2v) is 8.60. The fraction of sp³-hybridized carbons (Fsp3) is 0.562. The molecular formula is C16H20ClFN2O4S. The van der Waals surface area contributed by atoms with Crippen LogP contribution < -0.4 is 0 Å². The van der Waals surface area contributed by atoms with Crippen molar-refractivity contribution in [1.29, 1.82) is 0 Å². The fourth-order valence-corrected chi connectivity index (χ4v) is 5.02. The van der Waals surface area contributed by atoms with Crippen molar-refractivity contribution in [2.45, 2.75) is 24.4 Å². The maximum atomic E-state index is 14.0. The average molecular weight is 391 g/mol. The molecule has 1 amide bonds. The van der Waals surface area contributed by atoms with E-state index in [0.29, 0.717) is 36.9 Å². The quantitative estimate of drug-likeness (QED) is 0.780. The summed E-state index contributed by atoms with van der Waals surface area (Å²) in [5.74, 6) is -0.632. The van der Waals surface area contributed by atoms with Crippen molar-refractivity contribution < 1.29 is 22.3 Å². The Kier molecular flexibility index (Phi) is 5.62. The second-order valence-electron chi connectivity index (χ2n) is 6.24. The van der Waals surface area contributed by atoms with Gasteiger partial charge in [0.1, 0.15) is 12.2 Å². The molecule has 2 saturated heterocycles. The number of hydrogen-bond donors (Lipinski definition) is 0. The Balaban J connectivity index is 1.77. The normalized spacial score (nSPS) is 25.3. The molecule has 2 atom stereocenters. The molecule has 0 bridgehead atoms. The number of carbonyl (C=O) groups is 1. The molecule has 2 aliphatic rings. The number of benzene rings is 1. The number of rotatable bonds is 4. The summed E-state index contributed by atoms with van der Waals surface area (Å²) in [5.41, 5.74) is 0.546. The van der Waals surface area contributed by atoms with Gasteiger partial charge in [0, 0.05) is 31.1 Å². The largest absolute Gasteiger partial charge is 0.378 e. The van der Waals surface area contributed by atoms with Gasteiger partial charge in [-0.1, -0.05) is 23.7 Å². The molecule has 0 unspecified atom stereocenters. The zero-order valence-corrected chi connectivity index (χ0v) is 15.2. The lowest BCUT2D eigenvalue weighted by atomic mass is 10.2. The summed E-state index contributed by atoms with van der Waals surface area (Å²) < 4.78 is 45.7. The number of amides is 1. The number of halogens is 2. The summed E-state index contributed by atoms with van der Waals surface area (Å²) in [5, 5.41) is 0.506. The van der Waals surface area contributed by atoms with Crippen molar-refractivity contribution >= 4 is 27.5 Å². The highest BCUT2D eigenvalue weighted by Crippen LogP contribution is 2.27. The molecule has 1 aromatic carbocycles. The minimum atomic E-state index is -3.82. The lowest BCUT2D eigenvalue weighted by Crippen LogP contribution is -2.51. The summed E-state index contributed by atoms with van der Waals surface area (Å²) >= 11 is 5.81. The monoisotopic (exact) mass is 390 g/mol. The second kappa shape index (κ2) is 7.57. The lowest BCUT2D eigenvalue weighted by Gasteiger charge is -2.32. The van der Waals surface area contributed by atoms with Crippen LogP contribution >= 0.6 is 11.6 Å². The Bertz CT molecular complexity index is 722. The van der Waals surface area contributed by atoms with Crippen molar-refractivity contribution in [3.05, 3.63) is 34.9 Å². The Morgan fingerprint density at radius 2 is 1.88 bits per heavy atom. The Labute approximate surface area is 151 Å². The van der Waals surface area contributed by atoms with Crippen LogP contribution in [-0.2, 0) is 25.3 Å². The maximum Gasteiger partial charge on any atom is 0.241 e. The van der Waals surface area contributed by atoms with Crippen molar-refractivity contribution in [1.82, 2.24) is 9.21 Å². The van der Waals surface area contributed by atoms with Crippen LogP contribution in [0.3, 0.4) is 0 Å². The molecule has 0 spiro atoms. The van der Waals surface area contributed by atoms with E-state index in [0.717, 1.165) is 4.31 Å². The van der Waals surface area contributed by atoms with E-state index in [4.69, 9.17) is 16.3 Å². The SMILES string of the molecule is O=C([C@H]1C[C@@H](F)CN1S(=O)(=O)Cc1ccc(Cl)cc1)N1CCOCC1. The molecule has 9 heteroatoms. The first kappa shape index (κ1) is 18.6. The number of morpholine rings is 1. The first-order valence-corrected chi connectivity index (χ1v) is 10.1. The molecule has 2 aliphatic heterocycles. The molecule has 0 N–H and O–H groups in total. The highest BCUT2D eigenvalue weighted by molar-refractivity contribution is 7.88. The summed E-state index contributed by atoms with van der Waals surface area (Å²) in [6.07, 6.45) is -1.44. The number of hydrogen-bond acceptors (Lipinski definition) is 4. The molecule has 0 aliphatic carbocycles. The molecule has 2 fully saturated rings. The van der Waals surface area contributed by atoms with Gasteiger partial charge >= 0.3 is 0 Å². The number of carbonyl (C=O) groups excluding carboxylic acids is 1. The third kappa shape index (κ3) is 4.31. The number of sulfonamides is 1. The zero-order valence-electron chi connectivity index (χ0n) is 13.6. The van der Waals surface area contributed by atoms with E-state index < -0.39 is 22.2 Å². The molecule has 1 aromatic rings. The number of nitrogens with zero attached hydrogens (tertiary/aromatic N) is 2. The maximum absolute atomic E-state index is 14.0. The van der Waals surface area contributed by atoms with Crippen LogP contribution in [0.25, 0.3) is 0 Å². The van der Waals surface area contributed by atoms with E-state index in [-0.39, 0.29) is 24.6 Å². The fourth-order valence-electron chi connectivity index (χ4n) is 3.16. The van der Waals surface area contributed by atoms with Crippen LogP contribution in [0.4, 0.5) is 4.39 Å². The highest BCUT2D eigenvalue weighted by atomic mass is 35.5. The van der Waals surface area contributed by atoms with Crippen molar-refractivity contribution in [3.8, 4) is 0 Å². The van der Waals surface area contributed by atoms with Gasteiger partial charge in [-0.2, -0.15) is 4.31 Å². The number of ether oxygens (including phenoxy) is 1. The minimum absolute atomic E-state index is 0.101. The van der Waals surface area contributed by atoms with Gasteiger partial charge in [0.05, 0.1) is 19.0 Å². The molecule has 0 saturated carbocycles. The Morgan fingerprint density at radius 3 is 2.52 bits per heavy atom. The van der Waals surface area contributed by atoms with Gasteiger partial charge in [0.15, 0.2) is 0 Å². The molecule has 0 aromatic heterocycles. The predicted octanol–water partition coefficient (Wildman–Crippen LogP) is 1.44. The van der Waals surface area contributed by atoms with Gasteiger partial charge in [-0.15, -0.1) is 0 Å². The van der Waals surface area contributed by atoms with E-state index in [1.165, 1.54) is 0 Å². The van der Waals surface area contributed by atoms with E-state index >= 15 is 0 Å². The van der Waals surface area contributed by atoms with Crippen LogP contribution in [0.2, 0.25) is 5.02 Å². The summed E-state index contributed by atoms with van der Waals surface area (Å²) in [7, 11) is -3.82. The number of alkyl halides is 1. The van der Waals surface area contributed by atoms with E-state index in [9.17, 15) is 17.6 Å². The van der Waals surface area contributed by atoms with Crippen molar-refractivity contribution in [3.63, 3.8) is 0 Å². The van der Waals surface area contributed by atoms with E-state index in [1.807, 2.05) is 0 Å². The van der Waals surface area contributed by atoms with Gasteiger partial charge in [-0.3, -0.25) is 4.79 Å². The van der Waals surface area contributed by atoms with Gasteiger partial charge in [0.2, 0.25) is 15.9 Å². The van der Waals surface area contributed by atoms with Gasteiger partial charge in [-0.25, -0.2) is 12.8 Å². The molecule has 138 valence electrons. The molecule has 3 rings (SSSR count). The minimum Gasteiger partial charge on any atom is -0.378 e. The molecule has 0 radical (unpaired) electrons. The summed E-state index contributed by atoms with van der Waals surface area (Å²) in [6.45, 7) is 1.34. The third-order valence-electron chi connectivity index (χ3n) is 4.43. The first-order chi connectivity index (χ1) is 11.9. The molecule has 25 heavy (non-hydrogen) atoms. The Hall–Kier alpha value is -1.22. The zero-order chi connectivity index (χ0) is 18.0. The Morgan fingerprint density at radius 1 is 1.24 bits per heavy atom. The molecule has 2 heterocycles. The molecule has 6 nitrogen and oxygen atoms in total. The highest BCUT2D eigenvalue weighted by Gasteiger charge is 2.45. The van der Waals surface area contributed by atoms with Crippen LogP contribution in [0.1, 0.15) is 12.0 Å². The lowest BCUT2D eigenvalue weighted by molar-refractivity contribution is -0.138. The summed E-state index contributed by atoms with van der Waals surface area (Å²) in [4.78, 5) is 14.2. The standard InChI is InChI=1S/C16H20ClFN2O4S/c17-13-3-1-12(2-4-13)11-25(22,23)20-10-14(18)9-15(20)16(21)19-5-7-24-8-6-19/h1-4,14-15H,5-11H2/t14-,15-/m1/s1. The van der Waals surface area contributed by atoms with Gasteiger partial charge in [0.25, 0.3) is 0 Å². The topological polar surface area (TPSA) is 66.9 Å². The predicted molar refractivity (Wildman–Crippen MR) is 91.5 cm³/mol. The van der Waals surface area contributed by atoms with E-state index in [2.05, 4.69) is 0 Å². The smallest absolute Gasteiger partial charge is 0.241 e. The third-order valence-corrected chi connectivity index (χ3v) is 6.50. The van der Waals surface area contributed by atoms with Crippen LogP contribution in [-0.4, -0.2) is 68.6 Å². The van der Waals surface area contributed by atoms with Crippen LogP contribution in [0.5, 0.6) is 0 Å². The average Bonchev–Trinajstić information content (AvgIpc) is 3.00. The first-order valence-electron chi connectivity index (χ1n) is 8.11. The van der Waals surface area contributed by atoms with Crippen LogP contribution in [0, 0.1) is 0 Å².